The molecule has 1 aromatic rings. The van der Waals surface area contributed by atoms with Gasteiger partial charge in [-0.3, -0.25) is 4.79 Å². The summed E-state index contributed by atoms with van der Waals surface area (Å²) < 4.78 is 16.3. The summed E-state index contributed by atoms with van der Waals surface area (Å²) in [4.78, 5) is 51.1. The van der Waals surface area contributed by atoms with Crippen LogP contribution in [0.3, 0.4) is 0 Å². The predicted octanol–water partition coefficient (Wildman–Crippen LogP) is 5.44. The SMILES string of the molecule is CC(C)(C)OC(=O)CCC(NC(=O)NC(CCCCNCc1cccc(Cl)c1)C(=O)OC(C)(C)C)C(=O)OC(C)(C)C. The molecule has 0 saturated heterocycles. The molecule has 0 aliphatic carbocycles. The van der Waals surface area contributed by atoms with Crippen LogP contribution in [0.15, 0.2) is 24.3 Å². The van der Waals surface area contributed by atoms with Gasteiger partial charge in [-0.05, 0) is 112 Å². The maximum atomic E-state index is 13.0. The zero-order chi connectivity index (χ0) is 32.1. The molecule has 0 bridgehead atoms. The number of carbonyl (C=O) groups is 4. The summed E-state index contributed by atoms with van der Waals surface area (Å²) in [5.41, 5.74) is -1.18. The molecule has 2 unspecified atom stereocenters. The van der Waals surface area contributed by atoms with Gasteiger partial charge in [-0.1, -0.05) is 23.7 Å². The summed E-state index contributed by atoms with van der Waals surface area (Å²) in [5, 5.41) is 9.25. The Hall–Kier alpha value is -2.85. The summed E-state index contributed by atoms with van der Waals surface area (Å²) in [7, 11) is 0. The number of hydrogen-bond acceptors (Lipinski definition) is 8. The van der Waals surface area contributed by atoms with E-state index in [1.54, 1.807) is 62.3 Å². The van der Waals surface area contributed by atoms with Gasteiger partial charge in [0.25, 0.3) is 0 Å². The van der Waals surface area contributed by atoms with E-state index in [0.29, 0.717) is 31.0 Å². The van der Waals surface area contributed by atoms with E-state index in [2.05, 4.69) is 16.0 Å². The topological polar surface area (TPSA) is 132 Å². The van der Waals surface area contributed by atoms with E-state index in [9.17, 15) is 19.2 Å². The summed E-state index contributed by atoms with van der Waals surface area (Å²) in [6, 6.07) is 4.78. The Labute approximate surface area is 255 Å². The second kappa shape index (κ2) is 16.7. The van der Waals surface area contributed by atoms with E-state index in [0.717, 1.165) is 12.0 Å². The number of nitrogens with one attached hydrogen (secondary N) is 3. The van der Waals surface area contributed by atoms with Gasteiger partial charge in [0.1, 0.15) is 28.9 Å². The van der Waals surface area contributed by atoms with E-state index in [1.165, 1.54) is 0 Å². The van der Waals surface area contributed by atoms with Gasteiger partial charge in [0.05, 0.1) is 0 Å². The van der Waals surface area contributed by atoms with Gasteiger partial charge in [-0.25, -0.2) is 14.4 Å². The molecular weight excluding hydrogens is 562 g/mol. The fourth-order valence-corrected chi connectivity index (χ4v) is 3.95. The van der Waals surface area contributed by atoms with Gasteiger partial charge in [0, 0.05) is 18.0 Å². The van der Waals surface area contributed by atoms with Crippen LogP contribution in [0.4, 0.5) is 4.79 Å². The fourth-order valence-electron chi connectivity index (χ4n) is 3.73. The Balaban J connectivity index is 2.81. The second-order valence-corrected chi connectivity index (χ2v) is 13.7. The van der Waals surface area contributed by atoms with Gasteiger partial charge >= 0.3 is 23.9 Å². The molecule has 0 fully saturated rings. The highest BCUT2D eigenvalue weighted by Gasteiger charge is 2.31. The number of halogens is 1. The Bertz CT molecular complexity index is 1040. The van der Waals surface area contributed by atoms with E-state index in [4.69, 9.17) is 25.8 Å². The van der Waals surface area contributed by atoms with Crippen molar-refractivity contribution < 1.29 is 33.4 Å². The summed E-state index contributed by atoms with van der Waals surface area (Å²) in [5.74, 6) is -1.78. The second-order valence-electron chi connectivity index (χ2n) is 13.2. The third-order valence-electron chi connectivity index (χ3n) is 5.36. The predicted molar refractivity (Wildman–Crippen MR) is 163 cm³/mol. The minimum Gasteiger partial charge on any atom is -0.460 e. The molecule has 0 heterocycles. The van der Waals surface area contributed by atoms with Gasteiger partial charge < -0.3 is 30.2 Å². The molecule has 0 aliphatic heterocycles. The minimum atomic E-state index is -1.13. The Morgan fingerprint density at radius 1 is 0.762 bits per heavy atom. The van der Waals surface area contributed by atoms with Crippen molar-refractivity contribution in [2.45, 2.75) is 130 Å². The van der Waals surface area contributed by atoms with Crippen LogP contribution >= 0.6 is 11.6 Å². The van der Waals surface area contributed by atoms with Crippen molar-refractivity contribution in [1.29, 1.82) is 0 Å². The molecule has 238 valence electrons. The molecule has 2 atom stereocenters. The number of unbranched alkanes of at least 4 members (excludes halogenated alkanes) is 1. The molecule has 3 N–H and O–H groups in total. The average Bonchev–Trinajstić information content (AvgIpc) is 2.79. The van der Waals surface area contributed by atoms with Crippen molar-refractivity contribution in [3.05, 3.63) is 34.9 Å². The quantitative estimate of drug-likeness (QED) is 0.144. The average molecular weight is 612 g/mol. The summed E-state index contributed by atoms with van der Waals surface area (Å²) in [6.07, 6.45) is 1.56. The molecule has 2 amide bonds. The molecule has 0 aliphatic rings. The highest BCUT2D eigenvalue weighted by molar-refractivity contribution is 6.30. The zero-order valence-corrected chi connectivity index (χ0v) is 27.4. The standard InChI is InChI=1S/C31H50ClN3O7/c1-29(2,3)40-25(36)17-16-24(27(38)42-31(7,8)9)35-28(39)34-23(26(37)41-30(4,5)6)15-10-11-18-33-20-21-13-12-14-22(32)19-21/h12-14,19,23-24,33H,10-11,15-18,20H2,1-9H3,(H2,34,35,39). The first-order chi connectivity index (χ1) is 19.2. The van der Waals surface area contributed by atoms with Crippen LogP contribution in [-0.2, 0) is 35.1 Å². The molecule has 0 saturated carbocycles. The van der Waals surface area contributed by atoms with Crippen LogP contribution in [0.1, 0.15) is 100.0 Å². The summed E-state index contributed by atoms with van der Waals surface area (Å²) >= 11 is 6.03. The largest absolute Gasteiger partial charge is 0.460 e. The molecule has 1 aromatic carbocycles. The lowest BCUT2D eigenvalue weighted by Gasteiger charge is -2.27. The van der Waals surface area contributed by atoms with Crippen LogP contribution in [-0.4, -0.2) is 59.4 Å². The molecule has 10 nitrogen and oxygen atoms in total. The number of hydrogen-bond donors (Lipinski definition) is 3. The number of amides is 2. The summed E-state index contributed by atoms with van der Waals surface area (Å²) in [6.45, 7) is 17.0. The Kier molecular flexibility index (Phi) is 14.8. The number of ether oxygens (including phenoxy) is 3. The molecule has 0 radical (unpaired) electrons. The maximum absolute atomic E-state index is 13.0. The normalized spacial score (nSPS) is 13.5. The Morgan fingerprint density at radius 2 is 1.29 bits per heavy atom. The number of carbonyl (C=O) groups excluding carboxylic acids is 4. The van der Waals surface area contributed by atoms with Crippen LogP contribution in [0.5, 0.6) is 0 Å². The lowest BCUT2D eigenvalue weighted by Crippen LogP contribution is -2.53. The third-order valence-corrected chi connectivity index (χ3v) is 5.60. The first-order valence-corrected chi connectivity index (χ1v) is 14.8. The highest BCUT2D eigenvalue weighted by atomic mass is 35.5. The monoisotopic (exact) mass is 611 g/mol. The number of urea groups is 1. The van der Waals surface area contributed by atoms with E-state index in [-0.39, 0.29) is 12.8 Å². The van der Waals surface area contributed by atoms with Crippen molar-refractivity contribution in [1.82, 2.24) is 16.0 Å². The molecule has 42 heavy (non-hydrogen) atoms. The van der Waals surface area contributed by atoms with Crippen LogP contribution in [0.2, 0.25) is 5.02 Å². The van der Waals surface area contributed by atoms with Crippen molar-refractivity contribution in [3.8, 4) is 0 Å². The van der Waals surface area contributed by atoms with Gasteiger partial charge in [-0.15, -0.1) is 0 Å². The molecule has 1 rings (SSSR count). The number of rotatable bonds is 14. The van der Waals surface area contributed by atoms with Crippen molar-refractivity contribution in [2.24, 2.45) is 0 Å². The van der Waals surface area contributed by atoms with Crippen molar-refractivity contribution in [3.63, 3.8) is 0 Å². The first kappa shape index (κ1) is 37.2. The zero-order valence-electron chi connectivity index (χ0n) is 26.6. The van der Waals surface area contributed by atoms with Gasteiger partial charge in [0.15, 0.2) is 0 Å². The number of benzene rings is 1. The van der Waals surface area contributed by atoms with Crippen LogP contribution in [0, 0.1) is 0 Å². The van der Waals surface area contributed by atoms with Crippen molar-refractivity contribution in [2.75, 3.05) is 6.54 Å². The lowest BCUT2D eigenvalue weighted by atomic mass is 10.1. The van der Waals surface area contributed by atoms with E-state index < -0.39 is 52.8 Å². The Morgan fingerprint density at radius 3 is 1.79 bits per heavy atom. The first-order valence-electron chi connectivity index (χ1n) is 14.4. The highest BCUT2D eigenvalue weighted by Crippen LogP contribution is 2.15. The molecule has 0 spiro atoms. The van der Waals surface area contributed by atoms with E-state index in [1.807, 2.05) is 24.3 Å². The smallest absolute Gasteiger partial charge is 0.329 e. The molecule has 0 aromatic heterocycles. The maximum Gasteiger partial charge on any atom is 0.329 e. The third kappa shape index (κ3) is 17.9. The van der Waals surface area contributed by atoms with Crippen LogP contribution < -0.4 is 16.0 Å². The van der Waals surface area contributed by atoms with Gasteiger partial charge in [-0.2, -0.15) is 0 Å². The molecular formula is C31H50ClN3O7. The fraction of sp³-hybridized carbons (Fsp3) is 0.677. The minimum absolute atomic E-state index is 0.0351. The molecule has 11 heteroatoms. The van der Waals surface area contributed by atoms with Crippen LogP contribution in [0.25, 0.3) is 0 Å². The van der Waals surface area contributed by atoms with E-state index >= 15 is 0 Å². The van der Waals surface area contributed by atoms with Gasteiger partial charge in [0.2, 0.25) is 0 Å². The lowest BCUT2D eigenvalue weighted by molar-refractivity contribution is -0.159. The number of esters is 3. The van der Waals surface area contributed by atoms with Crippen molar-refractivity contribution >= 4 is 35.5 Å².